The predicted octanol–water partition coefficient (Wildman–Crippen LogP) is 5.78. The normalized spacial score (nSPS) is 10.7. The molecule has 0 atom stereocenters. The number of hydrogen-bond donors (Lipinski definition) is 2. The van der Waals surface area contributed by atoms with Gasteiger partial charge in [-0.3, -0.25) is 9.59 Å². The lowest BCUT2D eigenvalue weighted by molar-refractivity contribution is -0.122. The minimum Gasteiger partial charge on any atom is -0.431 e. The summed E-state index contributed by atoms with van der Waals surface area (Å²) in [6.45, 7) is 5.81. The van der Waals surface area contributed by atoms with Gasteiger partial charge >= 0.3 is 0 Å². The van der Waals surface area contributed by atoms with Crippen LogP contribution >= 0.6 is 11.8 Å². The van der Waals surface area contributed by atoms with E-state index in [9.17, 15) is 9.59 Å². The third-order valence-electron chi connectivity index (χ3n) is 5.41. The number of amides is 2. The van der Waals surface area contributed by atoms with Gasteiger partial charge in [-0.2, -0.15) is 0 Å². The molecule has 0 unspecified atom stereocenters. The van der Waals surface area contributed by atoms with Crippen molar-refractivity contribution in [3.05, 3.63) is 89.5 Å². The summed E-state index contributed by atoms with van der Waals surface area (Å²) in [7, 11) is 0. The molecule has 178 valence electrons. The highest BCUT2D eigenvalue weighted by atomic mass is 32.2. The van der Waals surface area contributed by atoms with Gasteiger partial charge in [0, 0.05) is 16.8 Å². The summed E-state index contributed by atoms with van der Waals surface area (Å²) in [5.41, 5.74) is 6.47. The van der Waals surface area contributed by atoms with Crippen molar-refractivity contribution >= 4 is 29.3 Å². The summed E-state index contributed by atoms with van der Waals surface area (Å²) >= 11 is 1.19. The summed E-state index contributed by atoms with van der Waals surface area (Å²) in [5.74, 6) is 0.192. The molecule has 4 rings (SSSR count). The first-order valence-corrected chi connectivity index (χ1v) is 12.3. The molecule has 0 saturated heterocycles. The lowest BCUT2D eigenvalue weighted by atomic mass is 10.1. The maximum atomic E-state index is 12.4. The second-order valence-corrected chi connectivity index (χ2v) is 9.20. The van der Waals surface area contributed by atoms with Crippen LogP contribution in [0, 0.1) is 20.8 Å². The van der Waals surface area contributed by atoms with Gasteiger partial charge in [-0.05, 0) is 31.9 Å². The Labute approximate surface area is 209 Å². The summed E-state index contributed by atoms with van der Waals surface area (Å²) in [6.07, 6.45) is 0. The smallest absolute Gasteiger partial charge is 0.257 e. The Bertz CT molecular complexity index is 1250. The van der Waals surface area contributed by atoms with Gasteiger partial charge in [-0.25, -0.2) is 4.98 Å². The molecule has 2 amide bonds. The zero-order chi connectivity index (χ0) is 24.8. The van der Waals surface area contributed by atoms with Crippen LogP contribution in [-0.2, 0) is 9.59 Å². The lowest BCUT2D eigenvalue weighted by Gasteiger charge is -2.13. The largest absolute Gasteiger partial charge is 0.431 e. The first-order chi connectivity index (χ1) is 16.9. The molecule has 35 heavy (non-hydrogen) atoms. The van der Waals surface area contributed by atoms with Gasteiger partial charge < -0.3 is 15.1 Å². The zero-order valence-electron chi connectivity index (χ0n) is 19.9. The summed E-state index contributed by atoms with van der Waals surface area (Å²) < 4.78 is 6.04. The second kappa shape index (κ2) is 11.1. The quantitative estimate of drug-likeness (QED) is 0.309. The average molecular weight is 486 g/mol. The van der Waals surface area contributed by atoms with E-state index in [0.717, 1.165) is 39.2 Å². The van der Waals surface area contributed by atoms with Crippen molar-refractivity contribution in [2.45, 2.75) is 26.0 Å². The van der Waals surface area contributed by atoms with Crippen molar-refractivity contribution in [1.82, 2.24) is 10.3 Å². The van der Waals surface area contributed by atoms with E-state index in [1.807, 2.05) is 93.6 Å². The number of rotatable bonds is 8. The first kappa shape index (κ1) is 24.3. The van der Waals surface area contributed by atoms with Crippen molar-refractivity contribution in [2.75, 3.05) is 17.6 Å². The Morgan fingerprint density at radius 2 is 1.46 bits per heavy atom. The van der Waals surface area contributed by atoms with Crippen LogP contribution in [0.15, 0.2) is 82.4 Å². The van der Waals surface area contributed by atoms with Gasteiger partial charge in [0.05, 0.1) is 12.3 Å². The number of benzene rings is 3. The minimum absolute atomic E-state index is 0.0822. The first-order valence-electron chi connectivity index (χ1n) is 11.3. The van der Waals surface area contributed by atoms with Gasteiger partial charge in [0.1, 0.15) is 5.69 Å². The molecule has 0 aliphatic heterocycles. The molecule has 3 aromatic carbocycles. The molecule has 0 fully saturated rings. The standard InChI is InChI=1S/C28H27N3O3S/c1-18-14-19(2)25(20(3)15-18)30-23(32)16-29-24(33)17-35-28-31-26(21-10-6-4-7-11-21)27(34-28)22-12-8-5-9-13-22/h4-15H,16-17H2,1-3H3,(H,29,33)(H,30,32). The molecule has 1 aromatic heterocycles. The molecule has 0 saturated carbocycles. The molecular weight excluding hydrogens is 458 g/mol. The Balaban J connectivity index is 1.38. The van der Waals surface area contributed by atoms with E-state index in [1.54, 1.807) is 0 Å². The number of oxazole rings is 1. The van der Waals surface area contributed by atoms with Crippen LogP contribution in [0.1, 0.15) is 16.7 Å². The van der Waals surface area contributed by atoms with E-state index in [4.69, 9.17) is 4.42 Å². The molecule has 0 aliphatic carbocycles. The van der Waals surface area contributed by atoms with Gasteiger partial charge in [0.2, 0.25) is 11.8 Å². The van der Waals surface area contributed by atoms with Crippen LogP contribution in [0.25, 0.3) is 22.6 Å². The number of hydrogen-bond acceptors (Lipinski definition) is 5. The fourth-order valence-corrected chi connectivity index (χ4v) is 4.51. The maximum absolute atomic E-state index is 12.4. The van der Waals surface area contributed by atoms with E-state index in [2.05, 4.69) is 15.6 Å². The molecule has 6 nitrogen and oxygen atoms in total. The number of carbonyl (C=O) groups excluding carboxylic acids is 2. The maximum Gasteiger partial charge on any atom is 0.257 e. The lowest BCUT2D eigenvalue weighted by Crippen LogP contribution is -2.34. The monoisotopic (exact) mass is 485 g/mol. The highest BCUT2D eigenvalue weighted by Gasteiger charge is 2.18. The van der Waals surface area contributed by atoms with E-state index in [0.29, 0.717) is 11.0 Å². The predicted molar refractivity (Wildman–Crippen MR) is 140 cm³/mol. The number of anilines is 1. The van der Waals surface area contributed by atoms with E-state index in [1.165, 1.54) is 11.8 Å². The van der Waals surface area contributed by atoms with Crippen molar-refractivity contribution < 1.29 is 14.0 Å². The van der Waals surface area contributed by atoms with Gasteiger partial charge in [0.15, 0.2) is 5.76 Å². The second-order valence-electron chi connectivity index (χ2n) is 8.28. The number of aromatic nitrogens is 1. The van der Waals surface area contributed by atoms with E-state index < -0.39 is 0 Å². The molecule has 0 spiro atoms. The molecular formula is C28H27N3O3S. The molecule has 1 heterocycles. The third kappa shape index (κ3) is 6.19. The zero-order valence-corrected chi connectivity index (χ0v) is 20.7. The summed E-state index contributed by atoms with van der Waals surface area (Å²) in [5, 5.41) is 5.95. The number of aryl methyl sites for hydroxylation is 3. The Morgan fingerprint density at radius 3 is 2.09 bits per heavy atom. The number of nitrogens with one attached hydrogen (secondary N) is 2. The molecule has 0 bridgehead atoms. The number of thioether (sulfide) groups is 1. The van der Waals surface area contributed by atoms with Crippen molar-refractivity contribution in [2.24, 2.45) is 0 Å². The SMILES string of the molecule is Cc1cc(C)c(NC(=O)CNC(=O)CSc2nc(-c3ccccc3)c(-c3ccccc3)o2)c(C)c1. The topological polar surface area (TPSA) is 84.2 Å². The Morgan fingerprint density at radius 1 is 0.857 bits per heavy atom. The highest BCUT2D eigenvalue weighted by molar-refractivity contribution is 7.99. The summed E-state index contributed by atoms with van der Waals surface area (Å²) in [4.78, 5) is 29.4. The van der Waals surface area contributed by atoms with Crippen LogP contribution in [-0.4, -0.2) is 29.1 Å². The Hall–Kier alpha value is -3.84. The van der Waals surface area contributed by atoms with Crippen LogP contribution < -0.4 is 10.6 Å². The van der Waals surface area contributed by atoms with Crippen molar-refractivity contribution in [3.63, 3.8) is 0 Å². The molecule has 4 aromatic rings. The Kier molecular flexibility index (Phi) is 7.67. The van der Waals surface area contributed by atoms with Crippen LogP contribution in [0.2, 0.25) is 0 Å². The van der Waals surface area contributed by atoms with Gasteiger partial charge in [0.25, 0.3) is 5.22 Å². The van der Waals surface area contributed by atoms with Crippen LogP contribution in [0.4, 0.5) is 5.69 Å². The fourth-order valence-electron chi connectivity index (χ4n) is 3.86. The minimum atomic E-state index is -0.275. The van der Waals surface area contributed by atoms with Crippen LogP contribution in [0.3, 0.4) is 0 Å². The van der Waals surface area contributed by atoms with Crippen LogP contribution in [0.5, 0.6) is 0 Å². The van der Waals surface area contributed by atoms with Crippen molar-refractivity contribution in [3.8, 4) is 22.6 Å². The van der Waals surface area contributed by atoms with Gasteiger partial charge in [-0.15, -0.1) is 0 Å². The third-order valence-corrected chi connectivity index (χ3v) is 6.23. The molecule has 7 heteroatoms. The van der Waals surface area contributed by atoms with E-state index >= 15 is 0 Å². The molecule has 2 N–H and O–H groups in total. The number of carbonyl (C=O) groups is 2. The fraction of sp³-hybridized carbons (Fsp3) is 0.179. The van der Waals surface area contributed by atoms with Crippen molar-refractivity contribution in [1.29, 1.82) is 0 Å². The summed E-state index contributed by atoms with van der Waals surface area (Å²) in [6, 6.07) is 23.6. The van der Waals surface area contributed by atoms with Gasteiger partial charge in [-0.1, -0.05) is 90.1 Å². The average Bonchev–Trinajstić information content (AvgIpc) is 3.29. The highest BCUT2D eigenvalue weighted by Crippen LogP contribution is 2.35. The molecule has 0 radical (unpaired) electrons. The van der Waals surface area contributed by atoms with E-state index in [-0.39, 0.29) is 24.1 Å². The number of nitrogens with zero attached hydrogens (tertiary/aromatic N) is 1. The molecule has 0 aliphatic rings.